The summed E-state index contributed by atoms with van der Waals surface area (Å²) in [5, 5.41) is 11.3. The predicted octanol–water partition coefficient (Wildman–Crippen LogP) is 7.17. The molecule has 0 bridgehead atoms. The Morgan fingerprint density at radius 1 is 1.03 bits per heavy atom. The van der Waals surface area contributed by atoms with Gasteiger partial charge in [0.2, 0.25) is 17.7 Å². The van der Waals surface area contributed by atoms with Gasteiger partial charge in [-0.05, 0) is 88.7 Å². The highest BCUT2D eigenvalue weighted by atomic mass is 32.1. The smallest absolute Gasteiger partial charge is 0.421 e. The fourth-order valence-corrected chi connectivity index (χ4v) is 7.23. The highest BCUT2D eigenvalue weighted by molar-refractivity contribution is 7.81. The third-order valence-electron chi connectivity index (χ3n) is 9.82. The highest BCUT2D eigenvalue weighted by Crippen LogP contribution is 2.44. The van der Waals surface area contributed by atoms with Crippen LogP contribution in [0.1, 0.15) is 90.3 Å². The van der Waals surface area contributed by atoms with Gasteiger partial charge >= 0.3 is 12.4 Å². The predicted molar refractivity (Wildman–Crippen MR) is 205 cm³/mol. The summed E-state index contributed by atoms with van der Waals surface area (Å²) in [6, 6.07) is 2.72. The summed E-state index contributed by atoms with van der Waals surface area (Å²) in [6.07, 6.45) is -6.37. The van der Waals surface area contributed by atoms with E-state index in [2.05, 4.69) is 10.3 Å². The molecule has 0 spiro atoms. The molecule has 2 aliphatic heterocycles. The van der Waals surface area contributed by atoms with Crippen molar-refractivity contribution in [3.05, 3.63) is 46.9 Å². The molecule has 2 aliphatic rings. The van der Waals surface area contributed by atoms with E-state index in [-0.39, 0.29) is 57.1 Å². The second-order valence-corrected chi connectivity index (χ2v) is 16.1. The van der Waals surface area contributed by atoms with Crippen molar-refractivity contribution < 1.29 is 59.3 Å². The fourth-order valence-electron chi connectivity index (χ4n) is 6.71. The van der Waals surface area contributed by atoms with E-state index in [9.17, 15) is 40.7 Å². The van der Waals surface area contributed by atoms with E-state index in [4.69, 9.17) is 31.7 Å². The van der Waals surface area contributed by atoms with Crippen molar-refractivity contribution in [3.63, 3.8) is 0 Å². The number of rotatable bonds is 16. The molecule has 1 aromatic carbocycles. The van der Waals surface area contributed by atoms with Gasteiger partial charge in [-0.2, -0.15) is 31.6 Å². The molecular formula is C39H47F7N6O6S. The number of ether oxygens (including phenoxy) is 3. The molecule has 3 amide bonds. The van der Waals surface area contributed by atoms with Crippen molar-refractivity contribution in [2.45, 2.75) is 104 Å². The molecule has 1 N–H and O–H groups in total. The van der Waals surface area contributed by atoms with Gasteiger partial charge in [0, 0.05) is 32.4 Å². The number of pyridine rings is 1. The number of nitriles is 1. The number of likely N-dealkylation sites (tertiary alicyclic amines) is 1. The molecule has 324 valence electrons. The molecule has 1 aromatic heterocycles. The number of amides is 3. The van der Waals surface area contributed by atoms with Crippen molar-refractivity contribution in [3.8, 4) is 11.9 Å². The van der Waals surface area contributed by atoms with Gasteiger partial charge in [-0.15, -0.1) is 0 Å². The summed E-state index contributed by atoms with van der Waals surface area (Å²) in [7, 11) is 0. The van der Waals surface area contributed by atoms with Gasteiger partial charge in [-0.25, -0.2) is 9.37 Å². The van der Waals surface area contributed by atoms with Gasteiger partial charge < -0.3 is 29.3 Å². The number of benzene rings is 1. The number of nitrogens with one attached hydrogen (secondary N) is 1. The summed E-state index contributed by atoms with van der Waals surface area (Å²) in [5.41, 5.74) is -7.90. The van der Waals surface area contributed by atoms with Crippen molar-refractivity contribution in [1.82, 2.24) is 15.2 Å². The largest absolute Gasteiger partial charge is 0.477 e. The number of thiocarbonyl (C=S) groups is 1. The van der Waals surface area contributed by atoms with Gasteiger partial charge in [0.25, 0.3) is 5.91 Å². The number of unbranched alkanes of at least 4 members (excludes halogenated alkanes) is 1. The summed E-state index contributed by atoms with van der Waals surface area (Å²) >= 11 is 5.32. The molecule has 2 aromatic rings. The summed E-state index contributed by atoms with van der Waals surface area (Å²) in [6.45, 7) is 11.1. The molecule has 4 rings (SSSR count). The molecule has 0 aliphatic carbocycles. The van der Waals surface area contributed by atoms with Crippen molar-refractivity contribution >= 4 is 46.4 Å². The maximum Gasteiger partial charge on any atom is 0.421 e. The van der Waals surface area contributed by atoms with Crippen molar-refractivity contribution in [1.29, 1.82) is 5.26 Å². The van der Waals surface area contributed by atoms with Crippen LogP contribution >= 0.6 is 12.2 Å². The number of anilines is 2. The topological polar surface area (TPSA) is 137 Å². The van der Waals surface area contributed by atoms with Crippen LogP contribution in [0.4, 0.5) is 42.1 Å². The number of hydrogen-bond acceptors (Lipinski definition) is 9. The lowest BCUT2D eigenvalue weighted by Gasteiger charge is -2.35. The minimum absolute atomic E-state index is 0.109. The lowest BCUT2D eigenvalue weighted by Crippen LogP contribution is -2.56. The Bertz CT molecular complexity index is 1930. The molecule has 2 unspecified atom stereocenters. The van der Waals surface area contributed by atoms with Crippen LogP contribution in [0.15, 0.2) is 24.4 Å². The van der Waals surface area contributed by atoms with E-state index >= 15 is 4.39 Å². The fraction of sp³-hybridized carbons (Fsp3) is 0.590. The van der Waals surface area contributed by atoms with Crippen LogP contribution < -0.4 is 19.9 Å². The van der Waals surface area contributed by atoms with Gasteiger partial charge in [0.15, 0.2) is 10.9 Å². The molecule has 3 heterocycles. The quantitative estimate of drug-likeness (QED) is 0.105. The minimum atomic E-state index is -5.32. The summed E-state index contributed by atoms with van der Waals surface area (Å²) < 4.78 is 116. The van der Waals surface area contributed by atoms with E-state index < -0.39 is 80.4 Å². The van der Waals surface area contributed by atoms with Gasteiger partial charge in [0.1, 0.15) is 29.3 Å². The average Bonchev–Trinajstić information content (AvgIpc) is 3.64. The van der Waals surface area contributed by atoms with Crippen molar-refractivity contribution in [2.24, 2.45) is 5.41 Å². The lowest BCUT2D eigenvalue weighted by atomic mass is 9.85. The average molecular weight is 861 g/mol. The molecule has 20 heteroatoms. The number of halogens is 7. The zero-order chi connectivity index (χ0) is 44.1. The van der Waals surface area contributed by atoms with E-state index in [0.29, 0.717) is 36.4 Å². The van der Waals surface area contributed by atoms with E-state index in [1.165, 1.54) is 19.9 Å². The maximum absolute atomic E-state index is 15.3. The number of carbonyl (C=O) groups excluding carboxylic acids is 3. The van der Waals surface area contributed by atoms with Crippen LogP contribution in [-0.2, 0) is 36.2 Å². The van der Waals surface area contributed by atoms with Crippen LogP contribution in [0, 0.1) is 22.6 Å². The zero-order valence-corrected chi connectivity index (χ0v) is 34.3. The summed E-state index contributed by atoms with van der Waals surface area (Å²) in [4.78, 5) is 46.2. The van der Waals surface area contributed by atoms with Crippen LogP contribution in [0.3, 0.4) is 0 Å². The first-order valence-electron chi connectivity index (χ1n) is 18.9. The van der Waals surface area contributed by atoms with Gasteiger partial charge in [-0.1, -0.05) is 20.8 Å². The monoisotopic (exact) mass is 860 g/mol. The highest BCUT2D eigenvalue weighted by Gasteiger charge is 2.53. The van der Waals surface area contributed by atoms with E-state index in [0.717, 1.165) is 30.0 Å². The molecule has 0 radical (unpaired) electrons. The Labute approximate surface area is 342 Å². The standard InChI is InChI=1S/C39H47F7N6O6S/c1-23-11-9-14-50(23)33(54)31(36(2,3)4)49-28(53)22-57-17-10-16-56-15-7-8-18-58-32-26(38(41,42)43)19-25(21-48-32)52-35(59)51(34(55)37(52,5)6)27-13-12-24(20-47)29(30(27)40)39(44,45)46/h12-13,19,21,23,31H,7-11,14-18,22H2,1-6H3,(H,49,53). The number of hydrogen-bond donors (Lipinski definition) is 1. The second kappa shape index (κ2) is 18.8. The first kappa shape index (κ1) is 47.1. The van der Waals surface area contributed by atoms with Gasteiger partial charge in [0.05, 0.1) is 35.8 Å². The third kappa shape index (κ3) is 11.0. The molecule has 0 saturated carbocycles. The van der Waals surface area contributed by atoms with Crippen LogP contribution in [0.25, 0.3) is 0 Å². The Kier molecular flexibility index (Phi) is 15.0. The Morgan fingerprint density at radius 2 is 1.68 bits per heavy atom. The lowest BCUT2D eigenvalue weighted by molar-refractivity contribution is -0.141. The number of alkyl halides is 6. The molecule has 2 atom stereocenters. The normalized spacial score (nSPS) is 17.7. The minimum Gasteiger partial charge on any atom is -0.477 e. The first-order valence-corrected chi connectivity index (χ1v) is 19.3. The molecular weight excluding hydrogens is 814 g/mol. The van der Waals surface area contributed by atoms with Crippen LogP contribution in [0.5, 0.6) is 5.88 Å². The maximum atomic E-state index is 15.3. The first-order chi connectivity index (χ1) is 27.4. The molecule has 12 nitrogen and oxygen atoms in total. The number of carbonyl (C=O) groups is 3. The third-order valence-corrected chi connectivity index (χ3v) is 10.2. The summed E-state index contributed by atoms with van der Waals surface area (Å²) in [5.74, 6) is -4.28. The number of nitrogens with zero attached hydrogens (tertiary/aromatic N) is 5. The van der Waals surface area contributed by atoms with E-state index in [1.807, 2.05) is 27.7 Å². The van der Waals surface area contributed by atoms with Gasteiger partial charge in [-0.3, -0.25) is 19.3 Å². The van der Waals surface area contributed by atoms with Crippen LogP contribution in [-0.4, -0.2) is 89.9 Å². The Morgan fingerprint density at radius 3 is 2.27 bits per heavy atom. The molecule has 2 saturated heterocycles. The molecule has 59 heavy (non-hydrogen) atoms. The number of aromatic nitrogens is 1. The van der Waals surface area contributed by atoms with Crippen LogP contribution in [0.2, 0.25) is 0 Å². The second-order valence-electron chi connectivity index (χ2n) is 15.8. The zero-order valence-electron chi connectivity index (χ0n) is 33.5. The Hall–Kier alpha value is -4.61. The van der Waals surface area contributed by atoms with E-state index in [1.54, 1.807) is 4.90 Å². The Balaban J connectivity index is 1.26. The SMILES string of the molecule is CC1CCCN1C(=O)C(NC(=O)COCCCOCCCCOc1ncc(N2C(=S)N(c3ccc(C#N)c(C(F)(F)F)c3F)C(=O)C2(C)C)cc1C(F)(F)F)C(C)(C)C. The van der Waals surface area contributed by atoms with Crippen molar-refractivity contribution in [2.75, 3.05) is 49.4 Å². The molecule has 2 fully saturated rings.